The van der Waals surface area contributed by atoms with Crippen LogP contribution in [0, 0.1) is 0 Å². The van der Waals surface area contributed by atoms with Crippen LogP contribution < -0.4 is 0 Å². The molecule has 2 heterocycles. The second-order valence-corrected chi connectivity index (χ2v) is 6.38. The van der Waals surface area contributed by atoms with Crippen LogP contribution in [0.25, 0.3) is 22.1 Å². The minimum Gasteiger partial charge on any atom is -0.460 e. The summed E-state index contributed by atoms with van der Waals surface area (Å²) in [6.45, 7) is 2.71. The third kappa shape index (κ3) is 2.23. The topological polar surface area (TPSA) is 33.5 Å². The number of hydrogen-bond acceptors (Lipinski definition) is 2. The van der Waals surface area contributed by atoms with E-state index >= 15 is 0 Å². The molecule has 0 spiro atoms. The lowest BCUT2D eigenvalue weighted by molar-refractivity contribution is 0.0816. The van der Waals surface area contributed by atoms with Crippen LogP contribution in [-0.4, -0.2) is 17.9 Å². The van der Waals surface area contributed by atoms with Gasteiger partial charge in [-0.3, -0.25) is 4.79 Å². The van der Waals surface area contributed by atoms with E-state index in [1.54, 1.807) is 4.90 Å². The number of rotatable bonds is 2. The average Bonchev–Trinajstić information content (AvgIpc) is 3.09. The minimum absolute atomic E-state index is 0.0856. The standard InChI is InChI=1S/C19H16ClNO2/c1-3-15-8-13-7-12(9-17(20)18(13)23-15)11-4-5-16-14(6-11)10-21(2)19(16)22/h4-9H,3,10H2,1-2H3. The first-order chi connectivity index (χ1) is 11.1. The largest absolute Gasteiger partial charge is 0.460 e. The number of nitrogens with zero attached hydrogens (tertiary/aromatic N) is 1. The highest BCUT2D eigenvalue weighted by Crippen LogP contribution is 2.34. The fraction of sp³-hybridized carbons (Fsp3) is 0.211. The van der Waals surface area contributed by atoms with E-state index in [1.807, 2.05) is 31.3 Å². The van der Waals surface area contributed by atoms with Crippen molar-refractivity contribution in [2.75, 3.05) is 7.05 Å². The van der Waals surface area contributed by atoms with E-state index in [1.165, 1.54) is 0 Å². The Balaban J connectivity index is 1.84. The summed E-state index contributed by atoms with van der Waals surface area (Å²) in [5.74, 6) is 1.02. The second kappa shape index (κ2) is 5.14. The smallest absolute Gasteiger partial charge is 0.254 e. The summed E-state index contributed by atoms with van der Waals surface area (Å²) in [4.78, 5) is 13.7. The van der Waals surface area contributed by atoms with Crippen molar-refractivity contribution in [3.05, 3.63) is 58.3 Å². The fourth-order valence-corrected chi connectivity index (χ4v) is 3.42. The molecule has 3 nitrogen and oxygen atoms in total. The van der Waals surface area contributed by atoms with Crippen LogP contribution in [0.4, 0.5) is 0 Å². The first-order valence-electron chi connectivity index (χ1n) is 7.67. The van der Waals surface area contributed by atoms with E-state index in [4.69, 9.17) is 16.0 Å². The molecule has 4 rings (SSSR count). The lowest BCUT2D eigenvalue weighted by Gasteiger charge is -2.05. The lowest BCUT2D eigenvalue weighted by Crippen LogP contribution is -2.17. The number of amides is 1. The second-order valence-electron chi connectivity index (χ2n) is 5.98. The summed E-state index contributed by atoms with van der Waals surface area (Å²) in [5.41, 5.74) is 4.70. The van der Waals surface area contributed by atoms with E-state index < -0.39 is 0 Å². The van der Waals surface area contributed by atoms with E-state index in [2.05, 4.69) is 19.1 Å². The fourth-order valence-electron chi connectivity index (χ4n) is 3.15. The predicted molar refractivity (Wildman–Crippen MR) is 91.8 cm³/mol. The number of hydrogen-bond donors (Lipinski definition) is 0. The monoisotopic (exact) mass is 325 g/mol. The van der Waals surface area contributed by atoms with Gasteiger partial charge in [-0.15, -0.1) is 0 Å². The molecule has 0 radical (unpaired) electrons. The molecule has 4 heteroatoms. The Morgan fingerprint density at radius 3 is 2.78 bits per heavy atom. The van der Waals surface area contributed by atoms with Crippen molar-refractivity contribution >= 4 is 28.5 Å². The van der Waals surface area contributed by atoms with Crippen LogP contribution in [0.5, 0.6) is 0 Å². The van der Waals surface area contributed by atoms with Gasteiger partial charge in [0.05, 0.1) is 5.02 Å². The van der Waals surface area contributed by atoms with Crippen molar-refractivity contribution < 1.29 is 9.21 Å². The van der Waals surface area contributed by atoms with Crippen molar-refractivity contribution in [2.45, 2.75) is 19.9 Å². The molecule has 0 saturated carbocycles. The molecule has 2 aromatic carbocycles. The summed E-state index contributed by atoms with van der Waals surface area (Å²) >= 11 is 6.39. The number of halogens is 1. The van der Waals surface area contributed by atoms with Crippen LogP contribution in [0.1, 0.15) is 28.6 Å². The number of carbonyl (C=O) groups is 1. The number of carbonyl (C=O) groups excluding carboxylic acids is 1. The van der Waals surface area contributed by atoms with Gasteiger partial charge in [0.2, 0.25) is 0 Å². The van der Waals surface area contributed by atoms with Gasteiger partial charge in [0.15, 0.2) is 5.58 Å². The van der Waals surface area contributed by atoms with Crippen LogP contribution in [0.15, 0.2) is 40.8 Å². The molecule has 116 valence electrons. The quantitative estimate of drug-likeness (QED) is 0.671. The predicted octanol–water partition coefficient (Wildman–Crippen LogP) is 4.90. The molecule has 3 aromatic rings. The molecule has 23 heavy (non-hydrogen) atoms. The van der Waals surface area contributed by atoms with Crippen molar-refractivity contribution in [3.8, 4) is 11.1 Å². The molecule has 0 unspecified atom stereocenters. The Kier molecular flexibility index (Phi) is 3.20. The number of aryl methyl sites for hydroxylation is 1. The molecule has 1 amide bonds. The third-order valence-electron chi connectivity index (χ3n) is 4.39. The Labute approximate surface area is 139 Å². The maximum absolute atomic E-state index is 12.0. The third-order valence-corrected chi connectivity index (χ3v) is 4.67. The summed E-state index contributed by atoms with van der Waals surface area (Å²) in [7, 11) is 1.82. The van der Waals surface area contributed by atoms with E-state index in [0.29, 0.717) is 11.6 Å². The molecular formula is C19H16ClNO2. The molecule has 0 aliphatic carbocycles. The van der Waals surface area contributed by atoms with E-state index in [9.17, 15) is 4.79 Å². The maximum atomic E-state index is 12.0. The Hall–Kier alpha value is -2.26. The van der Waals surface area contributed by atoms with Gasteiger partial charge in [-0.25, -0.2) is 0 Å². The van der Waals surface area contributed by atoms with Crippen LogP contribution >= 0.6 is 11.6 Å². The average molecular weight is 326 g/mol. The van der Waals surface area contributed by atoms with Crippen molar-refractivity contribution in [1.82, 2.24) is 4.90 Å². The molecule has 0 N–H and O–H groups in total. The van der Waals surface area contributed by atoms with Gasteiger partial charge in [-0.1, -0.05) is 24.6 Å². The Bertz CT molecular complexity index is 942. The highest BCUT2D eigenvalue weighted by atomic mass is 35.5. The summed E-state index contributed by atoms with van der Waals surface area (Å²) in [6.07, 6.45) is 0.841. The number of furan rings is 1. The van der Waals surface area contributed by atoms with Gasteiger partial charge in [0, 0.05) is 31.0 Å². The minimum atomic E-state index is 0.0856. The van der Waals surface area contributed by atoms with Gasteiger partial charge in [-0.2, -0.15) is 0 Å². The van der Waals surface area contributed by atoms with E-state index in [0.717, 1.165) is 45.4 Å². The zero-order valence-corrected chi connectivity index (χ0v) is 13.8. The molecule has 1 aliphatic heterocycles. The summed E-state index contributed by atoms with van der Waals surface area (Å²) in [6, 6.07) is 12.0. The molecule has 0 bridgehead atoms. The number of fused-ring (bicyclic) bond motifs is 2. The Morgan fingerprint density at radius 1 is 1.17 bits per heavy atom. The molecular weight excluding hydrogens is 310 g/mol. The van der Waals surface area contributed by atoms with Gasteiger partial charge >= 0.3 is 0 Å². The molecule has 1 aromatic heterocycles. The highest BCUT2D eigenvalue weighted by molar-refractivity contribution is 6.35. The first-order valence-corrected chi connectivity index (χ1v) is 8.05. The van der Waals surface area contributed by atoms with Crippen molar-refractivity contribution in [1.29, 1.82) is 0 Å². The molecule has 0 saturated heterocycles. The van der Waals surface area contributed by atoms with Crippen LogP contribution in [-0.2, 0) is 13.0 Å². The van der Waals surface area contributed by atoms with Gasteiger partial charge in [0.1, 0.15) is 5.76 Å². The lowest BCUT2D eigenvalue weighted by atomic mass is 9.99. The maximum Gasteiger partial charge on any atom is 0.254 e. The molecule has 0 atom stereocenters. The first kappa shape index (κ1) is 14.3. The SMILES string of the molecule is CCc1cc2cc(-c3ccc4c(c3)CN(C)C4=O)cc(Cl)c2o1. The van der Waals surface area contributed by atoms with Crippen molar-refractivity contribution in [3.63, 3.8) is 0 Å². The van der Waals surface area contributed by atoms with E-state index in [-0.39, 0.29) is 5.91 Å². The highest BCUT2D eigenvalue weighted by Gasteiger charge is 2.24. The van der Waals surface area contributed by atoms with Crippen LogP contribution in [0.3, 0.4) is 0 Å². The molecule has 1 aliphatic rings. The molecule has 0 fully saturated rings. The summed E-state index contributed by atoms with van der Waals surface area (Å²) in [5, 5.41) is 1.63. The van der Waals surface area contributed by atoms with Gasteiger partial charge in [-0.05, 0) is 47.0 Å². The normalized spacial score (nSPS) is 13.9. The zero-order chi connectivity index (χ0) is 16.1. The van der Waals surface area contributed by atoms with Crippen LogP contribution in [0.2, 0.25) is 5.02 Å². The Morgan fingerprint density at radius 2 is 2.00 bits per heavy atom. The van der Waals surface area contributed by atoms with Crippen molar-refractivity contribution in [2.24, 2.45) is 0 Å². The number of benzene rings is 2. The summed E-state index contributed by atoms with van der Waals surface area (Å²) < 4.78 is 5.76. The van der Waals surface area contributed by atoms with Gasteiger partial charge in [0.25, 0.3) is 5.91 Å². The van der Waals surface area contributed by atoms with Gasteiger partial charge < -0.3 is 9.32 Å². The zero-order valence-electron chi connectivity index (χ0n) is 13.0.